The van der Waals surface area contributed by atoms with Crippen LogP contribution >= 0.6 is 0 Å². The maximum atomic E-state index is 12.9. The number of benzene rings is 3. The number of hydrogen-bond acceptors (Lipinski definition) is 6. The number of nitrogens with one attached hydrogen (secondary N) is 1. The first-order valence-electron chi connectivity index (χ1n) is 9.89. The Hall–Kier alpha value is -2.92. The molecule has 0 atom stereocenters. The standard InChI is InChI=1S/C22H22N2O6S2/c25-31(26,23-21-8-4-5-9-22(21)30-18-6-2-1-3-7-18)19-10-12-20(13-11-19)32(27,28)24-14-16-29-17-15-24/h1-13,23H,14-17H2. The number of hydrogen-bond donors (Lipinski definition) is 1. The molecule has 1 fully saturated rings. The average molecular weight is 475 g/mol. The molecule has 32 heavy (non-hydrogen) atoms. The fraction of sp³-hybridized carbons (Fsp3) is 0.182. The molecule has 1 aliphatic rings. The number of nitrogens with zero attached hydrogens (tertiary/aromatic N) is 1. The Bertz CT molecular complexity index is 1270. The average Bonchev–Trinajstić information content (AvgIpc) is 2.81. The van der Waals surface area contributed by atoms with E-state index in [-0.39, 0.29) is 28.6 Å². The van der Waals surface area contributed by atoms with Crippen LogP contribution in [0, 0.1) is 0 Å². The summed E-state index contributed by atoms with van der Waals surface area (Å²) in [6.07, 6.45) is 0. The monoisotopic (exact) mass is 474 g/mol. The van der Waals surface area contributed by atoms with Gasteiger partial charge in [0, 0.05) is 13.1 Å². The Morgan fingerprint density at radius 3 is 2.03 bits per heavy atom. The van der Waals surface area contributed by atoms with E-state index in [1.807, 2.05) is 18.2 Å². The van der Waals surface area contributed by atoms with Crippen LogP contribution in [0.15, 0.2) is 88.7 Å². The lowest BCUT2D eigenvalue weighted by atomic mass is 10.3. The van der Waals surface area contributed by atoms with E-state index in [4.69, 9.17) is 9.47 Å². The molecule has 10 heteroatoms. The van der Waals surface area contributed by atoms with Crippen LogP contribution < -0.4 is 9.46 Å². The Kier molecular flexibility index (Phi) is 6.47. The Balaban J connectivity index is 1.55. The summed E-state index contributed by atoms with van der Waals surface area (Å²) in [5, 5.41) is 0. The summed E-state index contributed by atoms with van der Waals surface area (Å²) in [5.41, 5.74) is 0.265. The normalized spacial score (nSPS) is 15.2. The van der Waals surface area contributed by atoms with Gasteiger partial charge in [0.2, 0.25) is 10.0 Å². The van der Waals surface area contributed by atoms with Crippen molar-refractivity contribution in [3.8, 4) is 11.5 Å². The molecule has 3 aromatic carbocycles. The Morgan fingerprint density at radius 1 is 0.750 bits per heavy atom. The molecule has 0 spiro atoms. The first-order valence-corrected chi connectivity index (χ1v) is 12.8. The lowest BCUT2D eigenvalue weighted by molar-refractivity contribution is 0.0730. The maximum Gasteiger partial charge on any atom is 0.262 e. The van der Waals surface area contributed by atoms with E-state index < -0.39 is 20.0 Å². The molecular weight excluding hydrogens is 452 g/mol. The molecule has 168 valence electrons. The smallest absolute Gasteiger partial charge is 0.262 e. The first-order chi connectivity index (χ1) is 15.4. The fourth-order valence-electron chi connectivity index (χ4n) is 3.19. The van der Waals surface area contributed by atoms with Crippen molar-refractivity contribution in [2.75, 3.05) is 31.0 Å². The van der Waals surface area contributed by atoms with Crippen LogP contribution in [0.2, 0.25) is 0 Å². The van der Waals surface area contributed by atoms with Crippen molar-refractivity contribution in [2.24, 2.45) is 0 Å². The van der Waals surface area contributed by atoms with E-state index >= 15 is 0 Å². The molecule has 4 rings (SSSR count). The summed E-state index contributed by atoms with van der Waals surface area (Å²) in [5.74, 6) is 0.908. The van der Waals surface area contributed by atoms with Crippen LogP contribution in [0.25, 0.3) is 0 Å². The topological polar surface area (TPSA) is 102 Å². The van der Waals surface area contributed by atoms with Gasteiger partial charge in [0.05, 0.1) is 28.7 Å². The van der Waals surface area contributed by atoms with E-state index in [2.05, 4.69) is 4.72 Å². The predicted molar refractivity (Wildman–Crippen MR) is 120 cm³/mol. The van der Waals surface area contributed by atoms with Gasteiger partial charge >= 0.3 is 0 Å². The number of anilines is 1. The largest absolute Gasteiger partial charge is 0.455 e. The van der Waals surface area contributed by atoms with Crippen LogP contribution in [0.1, 0.15) is 0 Å². The molecule has 1 heterocycles. The second-order valence-corrected chi connectivity index (χ2v) is 10.6. The molecule has 8 nitrogen and oxygen atoms in total. The molecule has 1 saturated heterocycles. The van der Waals surface area contributed by atoms with Crippen molar-refractivity contribution in [1.29, 1.82) is 0 Å². The van der Waals surface area contributed by atoms with Crippen molar-refractivity contribution >= 4 is 25.7 Å². The second kappa shape index (κ2) is 9.29. The minimum Gasteiger partial charge on any atom is -0.455 e. The number of sulfonamides is 2. The number of para-hydroxylation sites is 3. The number of rotatable bonds is 7. The lowest BCUT2D eigenvalue weighted by Gasteiger charge is -2.26. The maximum absolute atomic E-state index is 12.9. The van der Waals surface area contributed by atoms with Gasteiger partial charge < -0.3 is 9.47 Å². The summed E-state index contributed by atoms with van der Waals surface area (Å²) in [7, 11) is -7.68. The van der Waals surface area contributed by atoms with Gasteiger partial charge in [0.15, 0.2) is 5.75 Å². The van der Waals surface area contributed by atoms with E-state index in [0.717, 1.165) is 0 Å². The molecule has 0 aliphatic carbocycles. The van der Waals surface area contributed by atoms with E-state index in [0.29, 0.717) is 24.7 Å². The van der Waals surface area contributed by atoms with Gasteiger partial charge in [-0.2, -0.15) is 4.31 Å². The van der Waals surface area contributed by atoms with E-state index in [9.17, 15) is 16.8 Å². The summed E-state index contributed by atoms with van der Waals surface area (Å²) in [4.78, 5) is -0.0286. The van der Waals surface area contributed by atoms with Gasteiger partial charge in [-0.3, -0.25) is 4.72 Å². The van der Waals surface area contributed by atoms with Gasteiger partial charge in [-0.15, -0.1) is 0 Å². The van der Waals surface area contributed by atoms with Gasteiger partial charge in [-0.25, -0.2) is 16.8 Å². The summed E-state index contributed by atoms with van der Waals surface area (Å²) >= 11 is 0. The summed E-state index contributed by atoms with van der Waals surface area (Å²) < 4.78 is 66.2. The van der Waals surface area contributed by atoms with Crippen LogP contribution in [-0.2, 0) is 24.8 Å². The van der Waals surface area contributed by atoms with Crippen LogP contribution in [0.4, 0.5) is 5.69 Å². The highest BCUT2D eigenvalue weighted by molar-refractivity contribution is 7.92. The van der Waals surface area contributed by atoms with Crippen molar-refractivity contribution < 1.29 is 26.3 Å². The third-order valence-corrected chi connectivity index (χ3v) is 8.14. The van der Waals surface area contributed by atoms with Crippen molar-refractivity contribution in [2.45, 2.75) is 9.79 Å². The third-order valence-electron chi connectivity index (χ3n) is 4.84. The summed E-state index contributed by atoms with van der Waals surface area (Å²) in [6, 6.07) is 20.8. The van der Waals surface area contributed by atoms with Crippen LogP contribution in [0.3, 0.4) is 0 Å². The van der Waals surface area contributed by atoms with Crippen molar-refractivity contribution in [1.82, 2.24) is 4.31 Å². The van der Waals surface area contributed by atoms with Crippen LogP contribution in [-0.4, -0.2) is 47.4 Å². The fourth-order valence-corrected chi connectivity index (χ4v) is 5.66. The first kappa shape index (κ1) is 22.3. The predicted octanol–water partition coefficient (Wildman–Crippen LogP) is 3.30. The molecule has 0 unspecified atom stereocenters. The molecule has 0 bridgehead atoms. The van der Waals surface area contributed by atoms with Gasteiger partial charge in [0.1, 0.15) is 5.75 Å². The van der Waals surface area contributed by atoms with Gasteiger partial charge in [-0.05, 0) is 48.5 Å². The quantitative estimate of drug-likeness (QED) is 0.564. The van der Waals surface area contributed by atoms with Crippen molar-refractivity contribution in [3.63, 3.8) is 0 Å². The van der Waals surface area contributed by atoms with Gasteiger partial charge in [-0.1, -0.05) is 30.3 Å². The molecule has 1 N–H and O–H groups in total. The second-order valence-electron chi connectivity index (χ2n) is 7.00. The van der Waals surface area contributed by atoms with Crippen molar-refractivity contribution in [3.05, 3.63) is 78.9 Å². The van der Waals surface area contributed by atoms with E-state index in [1.165, 1.54) is 28.6 Å². The number of morpholine rings is 1. The zero-order chi connectivity index (χ0) is 22.6. The number of ether oxygens (including phenoxy) is 2. The SMILES string of the molecule is O=S(=O)(Nc1ccccc1Oc1ccccc1)c1ccc(S(=O)(=O)N2CCOCC2)cc1. The Morgan fingerprint density at radius 2 is 1.34 bits per heavy atom. The summed E-state index contributed by atoms with van der Waals surface area (Å²) in [6.45, 7) is 1.20. The molecular formula is C22H22N2O6S2. The highest BCUT2D eigenvalue weighted by Gasteiger charge is 2.27. The zero-order valence-electron chi connectivity index (χ0n) is 17.0. The highest BCUT2D eigenvalue weighted by Crippen LogP contribution is 2.31. The molecule has 0 aromatic heterocycles. The molecule has 0 radical (unpaired) electrons. The molecule has 1 aliphatic heterocycles. The zero-order valence-corrected chi connectivity index (χ0v) is 18.7. The molecule has 3 aromatic rings. The van der Waals surface area contributed by atoms with Gasteiger partial charge in [0.25, 0.3) is 10.0 Å². The van der Waals surface area contributed by atoms with E-state index in [1.54, 1.807) is 36.4 Å². The third kappa shape index (κ3) is 4.94. The van der Waals surface area contributed by atoms with Crippen LogP contribution in [0.5, 0.6) is 11.5 Å². The molecule has 0 amide bonds. The lowest BCUT2D eigenvalue weighted by Crippen LogP contribution is -2.40. The minimum atomic E-state index is -3.97. The highest BCUT2D eigenvalue weighted by atomic mass is 32.2. The molecule has 0 saturated carbocycles. The minimum absolute atomic E-state index is 0.0335. The Labute approximate surface area is 187 Å².